The zero-order valence-electron chi connectivity index (χ0n) is 7.27. The Morgan fingerprint density at radius 3 is 2.25 bits per heavy atom. The van der Waals surface area contributed by atoms with Crippen LogP contribution < -0.4 is 11.8 Å². The van der Waals surface area contributed by atoms with Crippen LogP contribution in [0.3, 0.4) is 0 Å². The second kappa shape index (κ2) is 5.01. The van der Waals surface area contributed by atoms with Gasteiger partial charge in [0.1, 0.15) is 0 Å². The number of nitrogens with two attached hydrogens (primary N) is 2. The molecule has 0 fully saturated rings. The van der Waals surface area contributed by atoms with Crippen molar-refractivity contribution < 1.29 is 19.8 Å². The molecule has 0 aromatic heterocycles. The fourth-order valence-electron chi connectivity index (χ4n) is 0.656. The first-order valence-electron chi connectivity index (χ1n) is 3.47. The van der Waals surface area contributed by atoms with Gasteiger partial charge in [-0.3, -0.25) is 0 Å². The van der Waals surface area contributed by atoms with Crippen LogP contribution in [0.4, 0.5) is 0 Å². The fraction of sp³-hybridized carbons (Fsp3) is 0.800. The third-order valence-electron chi connectivity index (χ3n) is 1.60. The summed E-state index contributed by atoms with van der Waals surface area (Å²) in [6.07, 6.45) is 0.684. The van der Waals surface area contributed by atoms with E-state index in [2.05, 4.69) is 26.7 Å². The summed E-state index contributed by atoms with van der Waals surface area (Å²) in [5, 5.41) is 3.13. The number of hydroxylamine groups is 3. The SMILES string of the molecule is C=NO[N+](ON)(ON)C(C)CC. The highest BCUT2D eigenvalue weighted by Crippen LogP contribution is 2.16. The standard InChI is InChI=1S/C5H15N4O3/c1-4-5(2)9(10-6,11-7)12-8-3/h5H,3-4,6-7H2,1-2H3/q+1. The maximum absolute atomic E-state index is 4.94. The van der Waals surface area contributed by atoms with E-state index in [4.69, 9.17) is 11.8 Å². The summed E-state index contributed by atoms with van der Waals surface area (Å²) >= 11 is 0. The monoisotopic (exact) mass is 179 g/mol. The second-order valence-electron chi connectivity index (χ2n) is 2.22. The highest BCUT2D eigenvalue weighted by molar-refractivity contribution is 5.21. The van der Waals surface area contributed by atoms with E-state index in [0.29, 0.717) is 6.42 Å². The first kappa shape index (κ1) is 11.3. The van der Waals surface area contributed by atoms with Crippen molar-refractivity contribution in [2.75, 3.05) is 0 Å². The van der Waals surface area contributed by atoms with Gasteiger partial charge >= 0.3 is 0 Å². The Morgan fingerprint density at radius 2 is 2.00 bits per heavy atom. The van der Waals surface area contributed by atoms with Crippen molar-refractivity contribution in [3.63, 3.8) is 0 Å². The Morgan fingerprint density at radius 1 is 1.50 bits per heavy atom. The molecule has 0 saturated carbocycles. The molecule has 0 rings (SSSR count). The fourth-order valence-corrected chi connectivity index (χ4v) is 0.656. The quantitative estimate of drug-likeness (QED) is 0.333. The van der Waals surface area contributed by atoms with E-state index < -0.39 is 4.97 Å². The molecule has 7 nitrogen and oxygen atoms in total. The van der Waals surface area contributed by atoms with Crippen LogP contribution in [0, 0.1) is 0 Å². The Balaban J connectivity index is 4.43. The molecule has 7 heteroatoms. The van der Waals surface area contributed by atoms with Gasteiger partial charge in [-0.25, -0.2) is 0 Å². The van der Waals surface area contributed by atoms with Gasteiger partial charge in [0.15, 0.2) is 0 Å². The van der Waals surface area contributed by atoms with E-state index in [-0.39, 0.29) is 6.04 Å². The number of rotatable bonds is 6. The zero-order valence-corrected chi connectivity index (χ0v) is 7.27. The van der Waals surface area contributed by atoms with Crippen LogP contribution in [0.2, 0.25) is 0 Å². The van der Waals surface area contributed by atoms with Crippen LogP contribution in [0.25, 0.3) is 0 Å². The molecular weight excluding hydrogens is 164 g/mol. The van der Waals surface area contributed by atoms with Crippen molar-refractivity contribution in [1.82, 2.24) is 0 Å². The summed E-state index contributed by atoms with van der Waals surface area (Å²) in [6, 6.07) is -0.217. The van der Waals surface area contributed by atoms with Gasteiger partial charge in [-0.15, -0.1) is 4.94 Å². The van der Waals surface area contributed by atoms with Crippen molar-refractivity contribution in [3.8, 4) is 0 Å². The lowest BCUT2D eigenvalue weighted by atomic mass is 10.3. The predicted octanol–water partition coefficient (Wildman–Crippen LogP) is -0.241. The predicted molar refractivity (Wildman–Crippen MR) is 41.2 cm³/mol. The summed E-state index contributed by atoms with van der Waals surface area (Å²) in [5.41, 5.74) is 0. The largest absolute Gasteiger partial charge is 0.202 e. The van der Waals surface area contributed by atoms with Crippen molar-refractivity contribution in [2.24, 2.45) is 16.9 Å². The van der Waals surface area contributed by atoms with Crippen molar-refractivity contribution in [3.05, 3.63) is 0 Å². The van der Waals surface area contributed by atoms with Crippen molar-refractivity contribution in [2.45, 2.75) is 26.3 Å². The molecular formula is C5H15N4O3+. The Kier molecular flexibility index (Phi) is 4.71. The number of hydrogen-bond donors (Lipinski definition) is 2. The average Bonchev–Trinajstić information content (AvgIpc) is 2.13. The van der Waals surface area contributed by atoms with Crippen LogP contribution in [0.5, 0.6) is 0 Å². The molecule has 1 atom stereocenters. The van der Waals surface area contributed by atoms with Crippen molar-refractivity contribution >= 4 is 6.72 Å². The van der Waals surface area contributed by atoms with E-state index in [1.807, 2.05) is 6.92 Å². The maximum Gasteiger partial charge on any atom is 0.202 e. The highest BCUT2D eigenvalue weighted by atomic mass is 17.3. The summed E-state index contributed by atoms with van der Waals surface area (Å²) in [6.45, 7) is 6.76. The Labute approximate surface area is 70.8 Å². The van der Waals surface area contributed by atoms with Gasteiger partial charge in [0.25, 0.3) is 0 Å². The molecule has 0 aromatic rings. The molecule has 0 aliphatic carbocycles. The van der Waals surface area contributed by atoms with E-state index in [1.165, 1.54) is 0 Å². The van der Waals surface area contributed by atoms with Crippen LogP contribution in [-0.2, 0) is 14.8 Å². The molecule has 0 saturated heterocycles. The summed E-state index contributed by atoms with van der Waals surface area (Å²) < 4.78 is 0. The lowest BCUT2D eigenvalue weighted by molar-refractivity contribution is -1.38. The molecule has 0 aliphatic rings. The van der Waals surface area contributed by atoms with Gasteiger partial charge in [-0.2, -0.15) is 11.8 Å². The third-order valence-corrected chi connectivity index (χ3v) is 1.60. The van der Waals surface area contributed by atoms with Crippen LogP contribution in [-0.4, -0.2) is 17.7 Å². The minimum atomic E-state index is -0.861. The maximum atomic E-state index is 4.94. The smallest absolute Gasteiger partial charge is 0.152 e. The van der Waals surface area contributed by atoms with Gasteiger partial charge in [-0.1, -0.05) is 6.92 Å². The second-order valence-corrected chi connectivity index (χ2v) is 2.22. The first-order chi connectivity index (χ1) is 5.66. The van der Waals surface area contributed by atoms with Gasteiger partial charge in [0.05, 0.1) is 0 Å². The molecule has 0 bridgehead atoms. The molecule has 1 unspecified atom stereocenters. The summed E-state index contributed by atoms with van der Waals surface area (Å²) in [4.78, 5) is 12.6. The first-order valence-corrected chi connectivity index (χ1v) is 3.47. The van der Waals surface area contributed by atoms with Crippen LogP contribution in [0.1, 0.15) is 20.3 Å². The molecule has 0 heterocycles. The number of quaternary nitrogens is 1. The molecule has 0 spiro atoms. The number of oxime groups is 1. The minimum absolute atomic E-state index is 0.217. The van der Waals surface area contributed by atoms with Gasteiger partial charge in [0.2, 0.25) is 11.0 Å². The molecule has 0 aromatic carbocycles. The highest BCUT2D eigenvalue weighted by Gasteiger charge is 2.42. The van der Waals surface area contributed by atoms with Gasteiger partial charge in [0, 0.05) is 13.1 Å². The van der Waals surface area contributed by atoms with E-state index in [0.717, 1.165) is 0 Å². The molecule has 72 valence electrons. The van der Waals surface area contributed by atoms with E-state index in [9.17, 15) is 0 Å². The summed E-state index contributed by atoms with van der Waals surface area (Å²) in [5.74, 6) is 9.87. The molecule has 12 heavy (non-hydrogen) atoms. The molecule has 0 radical (unpaired) electrons. The lowest BCUT2D eigenvalue weighted by Gasteiger charge is -2.25. The molecule has 0 amide bonds. The molecule has 0 aliphatic heterocycles. The number of nitrogens with zero attached hydrogens (tertiary/aromatic N) is 2. The summed E-state index contributed by atoms with van der Waals surface area (Å²) in [7, 11) is 0. The molecule has 4 N–H and O–H groups in total. The Bertz CT molecular complexity index is 139. The van der Waals surface area contributed by atoms with Crippen LogP contribution >= 0.6 is 0 Å². The third kappa shape index (κ3) is 2.13. The zero-order chi connectivity index (χ0) is 9.61. The van der Waals surface area contributed by atoms with Crippen LogP contribution in [0.15, 0.2) is 5.16 Å². The minimum Gasteiger partial charge on any atom is -0.152 e. The lowest BCUT2D eigenvalue weighted by Crippen LogP contribution is -2.55. The van der Waals surface area contributed by atoms with E-state index in [1.54, 1.807) is 6.92 Å². The topological polar surface area (TPSA) is 92.1 Å². The number of hydrogen-bond acceptors (Lipinski definition) is 6. The van der Waals surface area contributed by atoms with Gasteiger partial charge in [-0.05, 0) is 22.0 Å². The van der Waals surface area contributed by atoms with E-state index >= 15 is 0 Å². The Hall–Kier alpha value is -0.730. The van der Waals surface area contributed by atoms with Gasteiger partial charge < -0.3 is 0 Å². The average molecular weight is 179 g/mol. The van der Waals surface area contributed by atoms with Crippen molar-refractivity contribution in [1.29, 1.82) is 0 Å². The normalized spacial score (nSPS) is 14.0.